The maximum Gasteiger partial charge on any atom is 0.179 e. The fourth-order valence-corrected chi connectivity index (χ4v) is 2.91. The second-order valence-corrected chi connectivity index (χ2v) is 5.25. The van der Waals surface area contributed by atoms with E-state index in [1.54, 1.807) is 0 Å². The van der Waals surface area contributed by atoms with E-state index in [1.807, 2.05) is 18.3 Å². The first-order valence-corrected chi connectivity index (χ1v) is 7.01. The second-order valence-electron chi connectivity index (χ2n) is 4.86. The summed E-state index contributed by atoms with van der Waals surface area (Å²) in [6.07, 6.45) is 5.86. The van der Waals surface area contributed by atoms with Gasteiger partial charge in [-0.15, -0.1) is 0 Å². The minimum absolute atomic E-state index is 0.778. The lowest BCUT2D eigenvalue weighted by atomic mass is 10.1. The number of piperidine rings is 1. The van der Waals surface area contributed by atoms with Gasteiger partial charge in [0.2, 0.25) is 0 Å². The van der Waals surface area contributed by atoms with Gasteiger partial charge in [0, 0.05) is 19.3 Å². The number of hydrogen-bond donors (Lipinski definition) is 1. The number of fused-ring (bicyclic) bond motifs is 1. The van der Waals surface area contributed by atoms with Crippen LogP contribution < -0.4 is 0 Å². The molecule has 1 saturated heterocycles. The van der Waals surface area contributed by atoms with Crippen LogP contribution in [0.25, 0.3) is 11.2 Å². The van der Waals surface area contributed by atoms with Crippen LogP contribution in [0.15, 0.2) is 18.3 Å². The Kier molecular flexibility index (Phi) is 3.43. The predicted molar refractivity (Wildman–Crippen MR) is 75.2 cm³/mol. The lowest BCUT2D eigenvalue weighted by Crippen LogP contribution is -2.32. The Morgan fingerprint density at radius 3 is 2.89 bits per heavy atom. The predicted octanol–water partition coefficient (Wildman–Crippen LogP) is 2.58. The lowest BCUT2D eigenvalue weighted by molar-refractivity contribution is 0.221. The average molecular weight is 262 g/mol. The Morgan fingerprint density at radius 1 is 1.22 bits per heavy atom. The van der Waals surface area contributed by atoms with Gasteiger partial charge in [0.25, 0.3) is 0 Å². The van der Waals surface area contributed by atoms with E-state index in [1.165, 1.54) is 32.4 Å². The summed E-state index contributed by atoms with van der Waals surface area (Å²) in [5.74, 6) is 0. The number of rotatable bonds is 3. The molecular formula is C13H18N4S. The van der Waals surface area contributed by atoms with Gasteiger partial charge in [-0.3, -0.25) is 0 Å². The highest BCUT2D eigenvalue weighted by molar-refractivity contribution is 7.71. The van der Waals surface area contributed by atoms with Crippen LogP contribution in [0.2, 0.25) is 0 Å². The van der Waals surface area contributed by atoms with Crippen molar-refractivity contribution in [2.45, 2.75) is 25.8 Å². The highest BCUT2D eigenvalue weighted by Gasteiger charge is 2.11. The first kappa shape index (κ1) is 11.9. The number of nitrogens with zero attached hydrogens (tertiary/aromatic N) is 3. The van der Waals surface area contributed by atoms with E-state index >= 15 is 0 Å². The molecule has 3 rings (SSSR count). The Balaban J connectivity index is 1.77. The van der Waals surface area contributed by atoms with Crippen LogP contribution >= 0.6 is 12.2 Å². The van der Waals surface area contributed by atoms with Gasteiger partial charge >= 0.3 is 0 Å². The van der Waals surface area contributed by atoms with Gasteiger partial charge in [0.15, 0.2) is 10.4 Å². The summed E-state index contributed by atoms with van der Waals surface area (Å²) < 4.78 is 2.89. The minimum atomic E-state index is 0.778. The Bertz CT molecular complexity index is 580. The Labute approximate surface area is 112 Å². The van der Waals surface area contributed by atoms with Crippen LogP contribution in [0.1, 0.15) is 19.3 Å². The molecule has 5 heteroatoms. The summed E-state index contributed by atoms with van der Waals surface area (Å²) >= 11 is 5.37. The summed E-state index contributed by atoms with van der Waals surface area (Å²) in [6, 6.07) is 3.96. The van der Waals surface area contributed by atoms with Crippen molar-refractivity contribution in [3.63, 3.8) is 0 Å². The maximum absolute atomic E-state index is 5.37. The van der Waals surface area contributed by atoms with E-state index in [4.69, 9.17) is 12.2 Å². The number of nitrogens with one attached hydrogen (secondary N) is 1. The third-order valence-electron chi connectivity index (χ3n) is 3.62. The van der Waals surface area contributed by atoms with Crippen molar-refractivity contribution in [1.29, 1.82) is 0 Å². The van der Waals surface area contributed by atoms with Crippen LogP contribution in [0.4, 0.5) is 0 Å². The molecule has 1 fully saturated rings. The molecule has 2 aromatic rings. The number of pyridine rings is 1. The first-order chi connectivity index (χ1) is 8.84. The zero-order valence-corrected chi connectivity index (χ0v) is 11.2. The summed E-state index contributed by atoms with van der Waals surface area (Å²) in [4.78, 5) is 10.1. The number of H-pyrrole nitrogens is 1. The van der Waals surface area contributed by atoms with E-state index in [-0.39, 0.29) is 0 Å². The van der Waals surface area contributed by atoms with Crippen molar-refractivity contribution in [3.05, 3.63) is 23.1 Å². The fraction of sp³-hybridized carbons (Fsp3) is 0.538. The molecule has 18 heavy (non-hydrogen) atoms. The van der Waals surface area contributed by atoms with E-state index in [0.29, 0.717) is 0 Å². The van der Waals surface area contributed by atoms with Crippen LogP contribution in [0.5, 0.6) is 0 Å². The molecule has 4 nitrogen and oxygen atoms in total. The monoisotopic (exact) mass is 262 g/mol. The van der Waals surface area contributed by atoms with Crippen molar-refractivity contribution >= 4 is 23.4 Å². The molecule has 0 saturated carbocycles. The lowest BCUT2D eigenvalue weighted by Gasteiger charge is -2.26. The molecule has 1 aliphatic heterocycles. The van der Waals surface area contributed by atoms with Crippen molar-refractivity contribution in [1.82, 2.24) is 19.4 Å². The first-order valence-electron chi connectivity index (χ1n) is 6.60. The average Bonchev–Trinajstić information content (AvgIpc) is 2.73. The molecule has 0 atom stereocenters. The Hall–Kier alpha value is -1.20. The quantitative estimate of drug-likeness (QED) is 0.864. The molecule has 2 aromatic heterocycles. The zero-order valence-electron chi connectivity index (χ0n) is 10.4. The second kappa shape index (κ2) is 5.20. The molecular weight excluding hydrogens is 244 g/mol. The van der Waals surface area contributed by atoms with Crippen LogP contribution in [-0.2, 0) is 6.54 Å². The highest BCUT2D eigenvalue weighted by Crippen LogP contribution is 2.12. The summed E-state index contributed by atoms with van der Waals surface area (Å²) in [7, 11) is 0. The van der Waals surface area contributed by atoms with Gasteiger partial charge in [-0.25, -0.2) is 4.98 Å². The molecule has 0 radical (unpaired) electrons. The summed E-state index contributed by atoms with van der Waals surface area (Å²) in [5.41, 5.74) is 2.00. The van der Waals surface area contributed by atoms with Crippen molar-refractivity contribution in [2.75, 3.05) is 19.6 Å². The van der Waals surface area contributed by atoms with Gasteiger partial charge in [0.1, 0.15) is 0 Å². The molecule has 0 amide bonds. The smallest absolute Gasteiger partial charge is 0.179 e. The van der Waals surface area contributed by atoms with E-state index in [0.717, 1.165) is 29.0 Å². The molecule has 0 aromatic carbocycles. The molecule has 96 valence electrons. The van der Waals surface area contributed by atoms with Crippen LogP contribution in [-0.4, -0.2) is 39.1 Å². The molecule has 0 aliphatic carbocycles. The van der Waals surface area contributed by atoms with Crippen molar-refractivity contribution in [2.24, 2.45) is 0 Å². The van der Waals surface area contributed by atoms with Gasteiger partial charge in [0.05, 0.1) is 5.52 Å². The van der Waals surface area contributed by atoms with E-state index < -0.39 is 0 Å². The molecule has 0 unspecified atom stereocenters. The number of imidazole rings is 1. The number of aromatic nitrogens is 3. The minimum Gasteiger partial charge on any atom is -0.329 e. The normalized spacial score (nSPS) is 17.3. The number of likely N-dealkylation sites (tertiary alicyclic amines) is 1. The van der Waals surface area contributed by atoms with Gasteiger partial charge in [-0.1, -0.05) is 6.42 Å². The molecule has 1 aliphatic rings. The van der Waals surface area contributed by atoms with Crippen molar-refractivity contribution < 1.29 is 0 Å². The SMILES string of the molecule is S=c1[nH]c2cccnc2n1CCN1CCCCC1. The third-order valence-corrected chi connectivity index (χ3v) is 3.94. The van der Waals surface area contributed by atoms with Gasteiger partial charge < -0.3 is 14.5 Å². The number of aromatic amines is 1. The summed E-state index contributed by atoms with van der Waals surface area (Å²) in [5, 5.41) is 0. The molecule has 0 spiro atoms. The van der Waals surface area contributed by atoms with Gasteiger partial charge in [-0.05, 0) is 50.3 Å². The van der Waals surface area contributed by atoms with Crippen LogP contribution in [0.3, 0.4) is 0 Å². The summed E-state index contributed by atoms with van der Waals surface area (Å²) in [6.45, 7) is 4.44. The maximum atomic E-state index is 5.37. The topological polar surface area (TPSA) is 36.9 Å². The number of hydrogen-bond acceptors (Lipinski definition) is 3. The third kappa shape index (κ3) is 2.33. The molecule has 3 heterocycles. The Morgan fingerprint density at radius 2 is 2.06 bits per heavy atom. The molecule has 0 bridgehead atoms. The van der Waals surface area contributed by atoms with E-state index in [9.17, 15) is 0 Å². The zero-order chi connectivity index (χ0) is 12.4. The fourth-order valence-electron chi connectivity index (χ4n) is 2.62. The highest BCUT2D eigenvalue weighted by atomic mass is 32.1. The van der Waals surface area contributed by atoms with E-state index in [2.05, 4.69) is 19.4 Å². The van der Waals surface area contributed by atoms with Gasteiger partial charge in [-0.2, -0.15) is 0 Å². The standard InChI is InChI=1S/C13H18N4S/c18-13-15-11-5-4-6-14-12(11)17(13)10-9-16-7-2-1-3-8-16/h4-6H,1-3,7-10H2,(H,15,18). The van der Waals surface area contributed by atoms with Crippen LogP contribution in [0, 0.1) is 4.77 Å². The molecule has 1 N–H and O–H groups in total. The largest absolute Gasteiger partial charge is 0.329 e. The van der Waals surface area contributed by atoms with Crippen molar-refractivity contribution in [3.8, 4) is 0 Å².